The Labute approximate surface area is 147 Å². The summed E-state index contributed by atoms with van der Waals surface area (Å²) in [6.07, 6.45) is 0. The van der Waals surface area contributed by atoms with E-state index in [9.17, 15) is 14.0 Å². The molecule has 5 nitrogen and oxygen atoms in total. The lowest BCUT2D eigenvalue weighted by Gasteiger charge is -2.11. The molecule has 0 heterocycles. The van der Waals surface area contributed by atoms with Crippen LogP contribution >= 0.6 is 15.9 Å². The van der Waals surface area contributed by atoms with Crippen LogP contribution in [-0.2, 0) is 0 Å². The van der Waals surface area contributed by atoms with Crippen LogP contribution in [0.4, 0.5) is 20.6 Å². The van der Waals surface area contributed by atoms with Crippen LogP contribution in [0.2, 0.25) is 0 Å². The van der Waals surface area contributed by atoms with E-state index in [1.807, 2.05) is 13.8 Å². The van der Waals surface area contributed by atoms with Gasteiger partial charge in [-0.25, -0.2) is 9.18 Å². The van der Waals surface area contributed by atoms with E-state index >= 15 is 0 Å². The van der Waals surface area contributed by atoms with Crippen LogP contribution in [0.15, 0.2) is 46.9 Å². The second-order valence-electron chi connectivity index (χ2n) is 5.41. The van der Waals surface area contributed by atoms with E-state index in [2.05, 4.69) is 31.9 Å². The third kappa shape index (κ3) is 5.06. The molecule has 24 heavy (non-hydrogen) atoms. The molecule has 0 fully saturated rings. The van der Waals surface area contributed by atoms with Gasteiger partial charge >= 0.3 is 6.03 Å². The smallest absolute Gasteiger partial charge is 0.319 e. The molecule has 7 heteroatoms. The van der Waals surface area contributed by atoms with Gasteiger partial charge in [0, 0.05) is 21.9 Å². The first-order valence-electron chi connectivity index (χ1n) is 7.29. The minimum absolute atomic E-state index is 0.0354. The maximum Gasteiger partial charge on any atom is 0.319 e. The first-order valence-corrected chi connectivity index (χ1v) is 8.08. The summed E-state index contributed by atoms with van der Waals surface area (Å²) in [4.78, 5) is 23.8. The Morgan fingerprint density at radius 1 is 1.00 bits per heavy atom. The van der Waals surface area contributed by atoms with Gasteiger partial charge < -0.3 is 16.0 Å². The summed E-state index contributed by atoms with van der Waals surface area (Å²) in [5, 5.41) is 8.07. The molecule has 2 aromatic rings. The molecule has 0 aliphatic rings. The van der Waals surface area contributed by atoms with Crippen molar-refractivity contribution in [1.82, 2.24) is 5.32 Å². The summed E-state index contributed by atoms with van der Waals surface area (Å²) in [6.45, 7) is 3.73. The summed E-state index contributed by atoms with van der Waals surface area (Å²) in [5.41, 5.74) is 1.33. The fourth-order valence-corrected chi connectivity index (χ4v) is 2.36. The van der Waals surface area contributed by atoms with Crippen molar-refractivity contribution in [2.75, 3.05) is 10.6 Å². The lowest BCUT2D eigenvalue weighted by Crippen LogP contribution is -2.34. The van der Waals surface area contributed by atoms with Gasteiger partial charge in [-0.15, -0.1) is 0 Å². The molecule has 3 N–H and O–H groups in total. The molecule has 0 aliphatic carbocycles. The molecule has 0 bridgehead atoms. The molecular weight excluding hydrogens is 377 g/mol. The van der Waals surface area contributed by atoms with Gasteiger partial charge in [0.15, 0.2) is 0 Å². The van der Waals surface area contributed by atoms with Crippen molar-refractivity contribution >= 4 is 39.2 Å². The van der Waals surface area contributed by atoms with Crippen LogP contribution in [0, 0.1) is 5.82 Å². The van der Waals surface area contributed by atoms with Gasteiger partial charge in [0.1, 0.15) is 5.82 Å². The molecule has 0 saturated carbocycles. The van der Waals surface area contributed by atoms with Crippen molar-refractivity contribution < 1.29 is 14.0 Å². The number of urea groups is 1. The third-order valence-corrected chi connectivity index (χ3v) is 3.68. The molecule has 0 saturated heterocycles. The van der Waals surface area contributed by atoms with Crippen molar-refractivity contribution in [2.45, 2.75) is 19.9 Å². The van der Waals surface area contributed by atoms with Gasteiger partial charge in [0.2, 0.25) is 0 Å². The Morgan fingerprint density at radius 3 is 2.17 bits per heavy atom. The molecule has 0 radical (unpaired) electrons. The van der Waals surface area contributed by atoms with Gasteiger partial charge in [0.25, 0.3) is 5.91 Å². The fourth-order valence-electron chi connectivity index (χ4n) is 1.94. The number of carbonyl (C=O) groups excluding carboxylic acids is 2. The predicted molar refractivity (Wildman–Crippen MR) is 95.8 cm³/mol. The number of nitrogens with one attached hydrogen (secondary N) is 3. The highest BCUT2D eigenvalue weighted by atomic mass is 79.9. The summed E-state index contributed by atoms with van der Waals surface area (Å²) < 4.78 is 13.8. The minimum atomic E-state index is -0.487. The second kappa shape index (κ2) is 7.92. The molecule has 126 valence electrons. The summed E-state index contributed by atoms with van der Waals surface area (Å²) >= 11 is 3.22. The Morgan fingerprint density at radius 2 is 1.58 bits per heavy atom. The standard InChI is InChI=1S/C17H17BrFN3O2/c1-10(2)20-17(24)22-13-6-4-12(5-7-13)21-16(23)14-9-11(19)3-8-15(14)18/h3-10H,1-2H3,(H,21,23)(H2,20,22,24). The van der Waals surface area contributed by atoms with Crippen molar-refractivity contribution in [3.63, 3.8) is 0 Å². The number of benzene rings is 2. The number of hydrogen-bond acceptors (Lipinski definition) is 2. The van der Waals surface area contributed by atoms with Crippen LogP contribution in [0.3, 0.4) is 0 Å². The molecule has 0 unspecified atom stereocenters. The number of halogens is 2. The van der Waals surface area contributed by atoms with Gasteiger partial charge in [-0.3, -0.25) is 4.79 Å². The largest absolute Gasteiger partial charge is 0.336 e. The normalized spacial score (nSPS) is 10.4. The quantitative estimate of drug-likeness (QED) is 0.721. The van der Waals surface area contributed by atoms with E-state index in [0.717, 1.165) is 6.07 Å². The number of anilines is 2. The number of amides is 3. The van der Waals surface area contributed by atoms with Crippen LogP contribution in [0.25, 0.3) is 0 Å². The first kappa shape index (κ1) is 17.9. The van der Waals surface area contributed by atoms with E-state index in [1.165, 1.54) is 12.1 Å². The fraction of sp³-hybridized carbons (Fsp3) is 0.176. The molecule has 2 rings (SSSR count). The Balaban J connectivity index is 2.02. The highest BCUT2D eigenvalue weighted by molar-refractivity contribution is 9.10. The Hall–Kier alpha value is -2.41. The van der Waals surface area contributed by atoms with Gasteiger partial charge in [0.05, 0.1) is 5.56 Å². The van der Waals surface area contributed by atoms with Gasteiger partial charge in [-0.05, 0) is 72.2 Å². The zero-order valence-corrected chi connectivity index (χ0v) is 14.8. The molecule has 2 aromatic carbocycles. The SMILES string of the molecule is CC(C)NC(=O)Nc1ccc(NC(=O)c2cc(F)ccc2Br)cc1. The van der Waals surface area contributed by atoms with Crippen molar-refractivity contribution in [2.24, 2.45) is 0 Å². The lowest BCUT2D eigenvalue weighted by atomic mass is 10.2. The first-order chi connectivity index (χ1) is 11.3. The molecule has 3 amide bonds. The number of carbonyl (C=O) groups is 2. The predicted octanol–water partition coefficient (Wildman–Crippen LogP) is 4.37. The monoisotopic (exact) mass is 393 g/mol. The van der Waals surface area contributed by atoms with Crippen LogP contribution in [0.1, 0.15) is 24.2 Å². The Kier molecular flexibility index (Phi) is 5.92. The topological polar surface area (TPSA) is 70.2 Å². The van der Waals surface area contributed by atoms with Gasteiger partial charge in [-0.2, -0.15) is 0 Å². The van der Waals surface area contributed by atoms with Crippen LogP contribution in [-0.4, -0.2) is 18.0 Å². The molecular formula is C17H17BrFN3O2. The molecule has 0 aromatic heterocycles. The zero-order valence-electron chi connectivity index (χ0n) is 13.2. The van der Waals surface area contributed by atoms with Gasteiger partial charge in [-0.1, -0.05) is 0 Å². The minimum Gasteiger partial charge on any atom is -0.336 e. The Bertz CT molecular complexity index is 748. The van der Waals surface area contributed by atoms with E-state index in [1.54, 1.807) is 24.3 Å². The number of rotatable bonds is 4. The van der Waals surface area contributed by atoms with Crippen molar-refractivity contribution in [3.05, 3.63) is 58.3 Å². The van der Waals surface area contributed by atoms with E-state index in [4.69, 9.17) is 0 Å². The number of hydrogen-bond donors (Lipinski definition) is 3. The lowest BCUT2D eigenvalue weighted by molar-refractivity contribution is 0.102. The van der Waals surface area contributed by atoms with E-state index < -0.39 is 11.7 Å². The van der Waals surface area contributed by atoms with Crippen LogP contribution < -0.4 is 16.0 Å². The van der Waals surface area contributed by atoms with E-state index in [-0.39, 0.29) is 17.6 Å². The van der Waals surface area contributed by atoms with Crippen molar-refractivity contribution in [3.8, 4) is 0 Å². The average molecular weight is 394 g/mol. The summed E-state index contributed by atoms with van der Waals surface area (Å²) in [5.74, 6) is -0.918. The summed E-state index contributed by atoms with van der Waals surface area (Å²) in [6, 6.07) is 10.3. The highest BCUT2D eigenvalue weighted by Gasteiger charge is 2.11. The average Bonchev–Trinajstić information content (AvgIpc) is 2.50. The maximum absolute atomic E-state index is 13.3. The van der Waals surface area contributed by atoms with E-state index in [0.29, 0.717) is 15.8 Å². The highest BCUT2D eigenvalue weighted by Crippen LogP contribution is 2.20. The maximum atomic E-state index is 13.3. The second-order valence-corrected chi connectivity index (χ2v) is 6.26. The molecule has 0 spiro atoms. The van der Waals surface area contributed by atoms with Crippen molar-refractivity contribution in [1.29, 1.82) is 0 Å². The summed E-state index contributed by atoms with van der Waals surface area (Å²) in [7, 11) is 0. The molecule has 0 aliphatic heterocycles. The molecule has 0 atom stereocenters. The third-order valence-electron chi connectivity index (χ3n) is 2.99. The van der Waals surface area contributed by atoms with Crippen LogP contribution in [0.5, 0.6) is 0 Å². The zero-order chi connectivity index (χ0) is 17.7.